The van der Waals surface area contributed by atoms with E-state index in [4.69, 9.17) is 20.8 Å². The van der Waals surface area contributed by atoms with Gasteiger partial charge in [0.15, 0.2) is 5.76 Å². The number of carbonyl (C=O) groups is 1. The summed E-state index contributed by atoms with van der Waals surface area (Å²) in [6.45, 7) is 8.80. The van der Waals surface area contributed by atoms with Crippen LogP contribution in [0.1, 0.15) is 16.1 Å². The van der Waals surface area contributed by atoms with Gasteiger partial charge in [-0.3, -0.25) is 4.79 Å². The van der Waals surface area contributed by atoms with Crippen LogP contribution < -0.4 is 9.92 Å². The summed E-state index contributed by atoms with van der Waals surface area (Å²) in [5.41, 5.74) is 1.02. The van der Waals surface area contributed by atoms with Gasteiger partial charge < -0.3 is 9.15 Å². The zero-order valence-corrected chi connectivity index (χ0v) is 13.7. The van der Waals surface area contributed by atoms with Gasteiger partial charge in [0.05, 0.1) is 8.07 Å². The summed E-state index contributed by atoms with van der Waals surface area (Å²) in [5.74, 6) is 1.10. The molecule has 2 rings (SSSR count). The molecule has 5 heteroatoms. The average Bonchev–Trinajstić information content (AvgIpc) is 2.79. The van der Waals surface area contributed by atoms with E-state index in [0.717, 1.165) is 11.3 Å². The maximum atomic E-state index is 11.0. The molecule has 0 unspecified atom stereocenters. The van der Waals surface area contributed by atoms with E-state index in [0.29, 0.717) is 0 Å². The first-order valence-corrected chi connectivity index (χ1v) is 10.2. The largest absolute Gasteiger partial charge is 0.426 e. The van der Waals surface area contributed by atoms with Crippen molar-refractivity contribution < 1.29 is 13.9 Å². The van der Waals surface area contributed by atoms with Crippen molar-refractivity contribution in [1.82, 2.24) is 0 Å². The van der Waals surface area contributed by atoms with E-state index in [1.807, 2.05) is 19.1 Å². The summed E-state index contributed by atoms with van der Waals surface area (Å²) in [5, 5.41) is 0.672. The van der Waals surface area contributed by atoms with Crippen molar-refractivity contribution >= 4 is 30.1 Å². The van der Waals surface area contributed by atoms with Gasteiger partial charge in [-0.2, -0.15) is 0 Å². The van der Waals surface area contributed by atoms with Crippen molar-refractivity contribution in [2.75, 3.05) is 0 Å². The third kappa shape index (κ3) is 3.32. The molecule has 0 N–H and O–H groups in total. The highest BCUT2D eigenvalue weighted by molar-refractivity contribution is 6.88. The molecule has 1 heterocycles. The van der Waals surface area contributed by atoms with Crippen LogP contribution in [0.4, 0.5) is 0 Å². The Bertz CT molecular complexity index is 641. The molecular weight excluding hydrogens is 292 g/mol. The van der Waals surface area contributed by atoms with Crippen LogP contribution in [0.5, 0.6) is 11.7 Å². The molecule has 0 aliphatic heterocycles. The smallest absolute Gasteiger partial charge is 0.290 e. The van der Waals surface area contributed by atoms with Crippen molar-refractivity contribution in [3.63, 3.8) is 0 Å². The van der Waals surface area contributed by atoms with Crippen LogP contribution >= 0.6 is 11.6 Å². The highest BCUT2D eigenvalue weighted by atomic mass is 35.5. The molecule has 3 nitrogen and oxygen atoms in total. The molecule has 1 aromatic heterocycles. The van der Waals surface area contributed by atoms with Crippen LogP contribution in [0.25, 0.3) is 0 Å². The Morgan fingerprint density at radius 1 is 1.20 bits per heavy atom. The number of hydrogen-bond donors (Lipinski definition) is 0. The van der Waals surface area contributed by atoms with E-state index in [1.165, 1.54) is 11.3 Å². The Hall–Kier alpha value is -1.52. The Labute approximate surface area is 124 Å². The third-order valence-electron chi connectivity index (χ3n) is 3.04. The van der Waals surface area contributed by atoms with E-state index in [2.05, 4.69) is 25.7 Å². The molecule has 2 aromatic rings. The molecule has 1 aromatic carbocycles. The lowest BCUT2D eigenvalue weighted by Crippen LogP contribution is -2.37. The molecule has 0 fully saturated rings. The predicted molar refractivity (Wildman–Crippen MR) is 83.1 cm³/mol. The number of furan rings is 1. The normalized spacial score (nSPS) is 11.4. The number of carbonyl (C=O) groups excluding carboxylic acids is 1. The van der Waals surface area contributed by atoms with Crippen molar-refractivity contribution in [3.8, 4) is 11.7 Å². The number of aryl methyl sites for hydroxylation is 1. The molecule has 0 aliphatic carbocycles. The van der Waals surface area contributed by atoms with Crippen LogP contribution in [0.2, 0.25) is 19.6 Å². The number of rotatable bonds is 4. The van der Waals surface area contributed by atoms with Crippen molar-refractivity contribution in [1.29, 1.82) is 0 Å². The van der Waals surface area contributed by atoms with Crippen LogP contribution in [-0.4, -0.2) is 13.3 Å². The van der Waals surface area contributed by atoms with Crippen molar-refractivity contribution in [3.05, 3.63) is 41.7 Å². The van der Waals surface area contributed by atoms with Crippen LogP contribution in [-0.2, 0) is 0 Å². The van der Waals surface area contributed by atoms with E-state index in [9.17, 15) is 4.79 Å². The van der Waals surface area contributed by atoms with Gasteiger partial charge in [-0.05, 0) is 36.2 Å². The zero-order chi connectivity index (χ0) is 14.9. The number of hydrogen-bond acceptors (Lipinski definition) is 3. The maximum absolute atomic E-state index is 11.0. The van der Waals surface area contributed by atoms with Crippen LogP contribution in [0.15, 0.2) is 34.7 Å². The second-order valence-corrected chi connectivity index (χ2v) is 11.1. The van der Waals surface area contributed by atoms with Gasteiger partial charge in [0.2, 0.25) is 0 Å². The molecule has 0 spiro atoms. The molecule has 0 bridgehead atoms. The lowest BCUT2D eigenvalue weighted by molar-refractivity contribution is 0.105. The van der Waals surface area contributed by atoms with E-state index >= 15 is 0 Å². The minimum Gasteiger partial charge on any atom is -0.426 e. The number of ether oxygens (including phenoxy) is 1. The first kappa shape index (κ1) is 14.9. The molecule has 0 aliphatic rings. The second kappa shape index (κ2) is 5.46. The van der Waals surface area contributed by atoms with E-state index < -0.39 is 13.3 Å². The summed E-state index contributed by atoms with van der Waals surface area (Å²) in [7, 11) is -1.40. The van der Waals surface area contributed by atoms with E-state index in [1.54, 1.807) is 6.07 Å². The molecule has 0 amide bonds. The third-order valence-corrected chi connectivity index (χ3v) is 5.27. The zero-order valence-electron chi connectivity index (χ0n) is 12.0. The van der Waals surface area contributed by atoms with Crippen LogP contribution in [0.3, 0.4) is 0 Å². The van der Waals surface area contributed by atoms with E-state index in [-0.39, 0.29) is 11.7 Å². The van der Waals surface area contributed by atoms with Gasteiger partial charge in [0, 0.05) is 6.07 Å². The number of halogens is 1. The number of benzene rings is 1. The topological polar surface area (TPSA) is 39.4 Å². The van der Waals surface area contributed by atoms with Gasteiger partial charge in [-0.15, -0.1) is 0 Å². The molecule has 106 valence electrons. The van der Waals surface area contributed by atoms with Gasteiger partial charge in [-0.1, -0.05) is 37.0 Å². The average molecular weight is 309 g/mol. The quantitative estimate of drug-likeness (QED) is 0.624. The maximum Gasteiger partial charge on any atom is 0.290 e. The van der Waals surface area contributed by atoms with Gasteiger partial charge >= 0.3 is 0 Å². The van der Waals surface area contributed by atoms with Gasteiger partial charge in [-0.25, -0.2) is 0 Å². The molecule has 20 heavy (non-hydrogen) atoms. The standard InChI is InChI=1S/C15H17ClO3Si/c1-10-5-6-11(20(2,3)4)9-13(10)19-14-8-7-12(18-14)15(16)17/h5-9H,1-4H3. The lowest BCUT2D eigenvalue weighted by atomic mass is 10.2. The highest BCUT2D eigenvalue weighted by Gasteiger charge is 2.18. The fourth-order valence-corrected chi connectivity index (χ4v) is 3.01. The van der Waals surface area contributed by atoms with Crippen molar-refractivity contribution in [2.24, 2.45) is 0 Å². The fraction of sp³-hybridized carbons (Fsp3) is 0.267. The fourth-order valence-electron chi connectivity index (χ4n) is 1.77. The summed E-state index contributed by atoms with van der Waals surface area (Å²) in [6.07, 6.45) is 0. The first-order chi connectivity index (χ1) is 9.27. The van der Waals surface area contributed by atoms with Gasteiger partial charge in [0.1, 0.15) is 5.75 Å². The second-order valence-electron chi connectivity index (χ2n) is 5.72. The summed E-state index contributed by atoms with van der Waals surface area (Å²) >= 11 is 5.35. The monoisotopic (exact) mass is 308 g/mol. The first-order valence-electron chi connectivity index (χ1n) is 6.36. The Morgan fingerprint density at radius 3 is 2.45 bits per heavy atom. The summed E-state index contributed by atoms with van der Waals surface area (Å²) in [4.78, 5) is 11.0. The Balaban J connectivity index is 2.30. The molecule has 0 saturated heterocycles. The van der Waals surface area contributed by atoms with Crippen molar-refractivity contribution in [2.45, 2.75) is 26.6 Å². The summed E-state index contributed by atoms with van der Waals surface area (Å²) < 4.78 is 11.0. The van der Waals surface area contributed by atoms with Gasteiger partial charge in [0.25, 0.3) is 11.2 Å². The predicted octanol–water partition coefficient (Wildman–Crippen LogP) is 4.30. The molecular formula is C15H17ClO3Si. The minimum atomic E-state index is -1.40. The minimum absolute atomic E-state index is 0.0840. The van der Waals surface area contributed by atoms with Crippen LogP contribution in [0, 0.1) is 6.92 Å². The molecule has 0 atom stereocenters. The summed E-state index contributed by atoms with van der Waals surface area (Å²) in [6, 6.07) is 9.33. The lowest BCUT2D eigenvalue weighted by Gasteiger charge is -2.18. The Kier molecular flexibility index (Phi) is 4.06. The molecule has 0 radical (unpaired) electrons. The molecule has 0 saturated carbocycles. The SMILES string of the molecule is Cc1ccc([Si](C)(C)C)cc1Oc1ccc(C(=O)Cl)o1. The Morgan fingerprint density at radius 2 is 1.90 bits per heavy atom. The highest BCUT2D eigenvalue weighted by Crippen LogP contribution is 2.27.